The Morgan fingerprint density at radius 1 is 1.19 bits per heavy atom. The van der Waals surface area contributed by atoms with E-state index >= 15 is 0 Å². The molecular weight excluding hydrogens is 260 g/mol. The number of hydrogen-bond donors (Lipinski definition) is 0. The van der Waals surface area contributed by atoms with Gasteiger partial charge in [0, 0.05) is 38.1 Å². The van der Waals surface area contributed by atoms with Crippen LogP contribution in [0.4, 0.5) is 0 Å². The van der Waals surface area contributed by atoms with Gasteiger partial charge in [0.1, 0.15) is 5.82 Å². The van der Waals surface area contributed by atoms with E-state index < -0.39 is 0 Å². The number of aryl methyl sites for hydroxylation is 2. The van der Waals surface area contributed by atoms with E-state index in [1.807, 2.05) is 18.6 Å². The summed E-state index contributed by atoms with van der Waals surface area (Å²) in [5.41, 5.74) is 2.50. The fourth-order valence-electron chi connectivity index (χ4n) is 3.11. The summed E-state index contributed by atoms with van der Waals surface area (Å²) in [5, 5.41) is 0. The van der Waals surface area contributed by atoms with E-state index in [2.05, 4.69) is 45.5 Å². The third-order valence-electron chi connectivity index (χ3n) is 4.49. The van der Waals surface area contributed by atoms with E-state index in [1.165, 1.54) is 29.9 Å². The zero-order chi connectivity index (χ0) is 14.7. The van der Waals surface area contributed by atoms with E-state index in [9.17, 15) is 0 Å². The molecule has 21 heavy (non-hydrogen) atoms. The highest BCUT2D eigenvalue weighted by Gasteiger charge is 2.23. The second-order valence-corrected chi connectivity index (χ2v) is 5.96. The molecule has 0 saturated carbocycles. The van der Waals surface area contributed by atoms with Gasteiger partial charge >= 0.3 is 0 Å². The third-order valence-corrected chi connectivity index (χ3v) is 4.49. The lowest BCUT2D eigenvalue weighted by atomic mass is 9.96. The molecule has 0 unspecified atom stereocenters. The van der Waals surface area contributed by atoms with E-state index in [0.717, 1.165) is 26.1 Å². The number of aromatic nitrogens is 3. The Balaban J connectivity index is 1.54. The van der Waals surface area contributed by atoms with Gasteiger partial charge in [0.05, 0.1) is 5.69 Å². The maximum Gasteiger partial charge on any atom is 0.111 e. The molecule has 1 aliphatic rings. The minimum atomic E-state index is 0.608. The zero-order valence-electron chi connectivity index (χ0n) is 13.0. The highest BCUT2D eigenvalue weighted by molar-refractivity contribution is 5.14. The van der Waals surface area contributed by atoms with E-state index in [0.29, 0.717) is 5.92 Å². The topological polar surface area (TPSA) is 34.0 Å². The van der Waals surface area contributed by atoms with Crippen LogP contribution in [0.15, 0.2) is 30.7 Å². The Morgan fingerprint density at radius 3 is 2.57 bits per heavy atom. The monoisotopic (exact) mass is 284 g/mol. The van der Waals surface area contributed by atoms with Gasteiger partial charge in [-0.3, -0.25) is 9.88 Å². The van der Waals surface area contributed by atoms with Gasteiger partial charge in [-0.25, -0.2) is 4.98 Å². The van der Waals surface area contributed by atoms with Crippen LogP contribution in [0, 0.1) is 0 Å². The Kier molecular flexibility index (Phi) is 4.34. The molecule has 3 heterocycles. The van der Waals surface area contributed by atoms with Crippen molar-refractivity contribution >= 4 is 0 Å². The van der Waals surface area contributed by atoms with Crippen molar-refractivity contribution in [3.05, 3.63) is 47.8 Å². The molecule has 0 atom stereocenters. The highest BCUT2D eigenvalue weighted by atomic mass is 15.1. The molecule has 0 aliphatic carbocycles. The van der Waals surface area contributed by atoms with Crippen LogP contribution in [-0.4, -0.2) is 32.5 Å². The van der Waals surface area contributed by atoms with Crippen molar-refractivity contribution in [1.29, 1.82) is 0 Å². The van der Waals surface area contributed by atoms with E-state index in [1.54, 1.807) is 0 Å². The van der Waals surface area contributed by atoms with Gasteiger partial charge in [0.25, 0.3) is 0 Å². The lowest BCUT2D eigenvalue weighted by Crippen LogP contribution is -2.33. The second-order valence-electron chi connectivity index (χ2n) is 5.96. The standard InChI is InChI=1S/C17H24N4/c1-3-14-4-5-16(19-12-14)13-21-9-6-15(7-10-21)17-18-8-11-20(17)2/h4-5,8,11-12,15H,3,6-7,9-10,13H2,1-2H3. The van der Waals surface area contributed by atoms with Crippen molar-refractivity contribution < 1.29 is 0 Å². The van der Waals surface area contributed by atoms with Gasteiger partial charge in [-0.2, -0.15) is 0 Å². The van der Waals surface area contributed by atoms with Crippen LogP contribution >= 0.6 is 0 Å². The zero-order valence-corrected chi connectivity index (χ0v) is 13.0. The largest absolute Gasteiger partial charge is 0.338 e. The second kappa shape index (κ2) is 6.39. The summed E-state index contributed by atoms with van der Waals surface area (Å²) in [7, 11) is 2.09. The van der Waals surface area contributed by atoms with Crippen molar-refractivity contribution in [3.63, 3.8) is 0 Å². The molecule has 1 aliphatic heterocycles. The van der Waals surface area contributed by atoms with Crippen molar-refractivity contribution in [2.45, 2.75) is 38.6 Å². The smallest absolute Gasteiger partial charge is 0.111 e. The molecule has 0 radical (unpaired) electrons. The Hall–Kier alpha value is -1.68. The quantitative estimate of drug-likeness (QED) is 0.865. The number of rotatable bonds is 4. The molecule has 0 bridgehead atoms. The highest BCUT2D eigenvalue weighted by Crippen LogP contribution is 2.27. The van der Waals surface area contributed by atoms with E-state index in [-0.39, 0.29) is 0 Å². The fourth-order valence-corrected chi connectivity index (χ4v) is 3.11. The van der Waals surface area contributed by atoms with Gasteiger partial charge in [-0.05, 0) is 44.0 Å². The van der Waals surface area contributed by atoms with Crippen LogP contribution in [0.1, 0.15) is 42.8 Å². The predicted octanol–water partition coefficient (Wildman–Crippen LogP) is 2.76. The lowest BCUT2D eigenvalue weighted by Gasteiger charge is -2.31. The molecule has 0 spiro atoms. The molecule has 2 aromatic rings. The number of piperidine rings is 1. The Bertz CT molecular complexity index is 565. The van der Waals surface area contributed by atoms with Crippen LogP contribution < -0.4 is 0 Å². The maximum absolute atomic E-state index is 4.57. The van der Waals surface area contributed by atoms with Crippen LogP contribution in [0.3, 0.4) is 0 Å². The van der Waals surface area contributed by atoms with E-state index in [4.69, 9.17) is 0 Å². The molecule has 4 heteroatoms. The predicted molar refractivity (Wildman–Crippen MR) is 84.1 cm³/mol. The lowest BCUT2D eigenvalue weighted by molar-refractivity contribution is 0.198. The summed E-state index contributed by atoms with van der Waals surface area (Å²) in [6.07, 6.45) is 9.40. The molecule has 112 valence electrons. The molecule has 0 aromatic carbocycles. The first-order valence-electron chi connectivity index (χ1n) is 7.89. The average molecular weight is 284 g/mol. The average Bonchev–Trinajstić information content (AvgIpc) is 2.95. The first kappa shape index (κ1) is 14.3. The molecule has 4 nitrogen and oxygen atoms in total. The summed E-state index contributed by atoms with van der Waals surface area (Å²) in [5.74, 6) is 1.84. The van der Waals surface area contributed by atoms with Crippen LogP contribution in [0.2, 0.25) is 0 Å². The Morgan fingerprint density at radius 2 is 2.00 bits per heavy atom. The summed E-state index contributed by atoms with van der Waals surface area (Å²) in [6, 6.07) is 4.37. The summed E-state index contributed by atoms with van der Waals surface area (Å²) in [4.78, 5) is 11.6. The van der Waals surface area contributed by atoms with Gasteiger partial charge in [-0.15, -0.1) is 0 Å². The number of hydrogen-bond acceptors (Lipinski definition) is 3. The van der Waals surface area contributed by atoms with Crippen molar-refractivity contribution in [3.8, 4) is 0 Å². The molecule has 0 N–H and O–H groups in total. The molecule has 0 amide bonds. The van der Waals surface area contributed by atoms with Gasteiger partial charge in [0.2, 0.25) is 0 Å². The molecule has 2 aromatic heterocycles. The Labute approximate surface area is 126 Å². The van der Waals surface area contributed by atoms with Crippen LogP contribution in [0.5, 0.6) is 0 Å². The van der Waals surface area contributed by atoms with Gasteiger partial charge in [0.15, 0.2) is 0 Å². The van der Waals surface area contributed by atoms with Gasteiger partial charge < -0.3 is 4.57 Å². The number of imidazole rings is 1. The summed E-state index contributed by atoms with van der Waals surface area (Å²) < 4.78 is 2.16. The fraction of sp³-hybridized carbons (Fsp3) is 0.529. The third kappa shape index (κ3) is 3.32. The molecule has 1 fully saturated rings. The van der Waals surface area contributed by atoms with Crippen LogP contribution in [0.25, 0.3) is 0 Å². The maximum atomic E-state index is 4.57. The van der Waals surface area contributed by atoms with Crippen molar-refractivity contribution in [2.75, 3.05) is 13.1 Å². The summed E-state index contributed by atoms with van der Waals surface area (Å²) >= 11 is 0. The number of likely N-dealkylation sites (tertiary alicyclic amines) is 1. The van der Waals surface area contributed by atoms with Crippen molar-refractivity contribution in [1.82, 2.24) is 19.4 Å². The van der Waals surface area contributed by atoms with Crippen molar-refractivity contribution in [2.24, 2.45) is 7.05 Å². The SMILES string of the molecule is CCc1ccc(CN2CCC(c3nccn3C)CC2)nc1. The first-order chi connectivity index (χ1) is 10.3. The minimum absolute atomic E-state index is 0.608. The number of pyridine rings is 1. The van der Waals surface area contributed by atoms with Crippen LogP contribution in [-0.2, 0) is 20.0 Å². The van der Waals surface area contributed by atoms with Gasteiger partial charge in [-0.1, -0.05) is 13.0 Å². The molecular formula is C17H24N4. The number of nitrogens with zero attached hydrogens (tertiary/aromatic N) is 4. The molecule has 1 saturated heterocycles. The molecule has 3 rings (SSSR count). The first-order valence-corrected chi connectivity index (χ1v) is 7.89. The summed E-state index contributed by atoms with van der Waals surface area (Å²) in [6.45, 7) is 5.40. The normalized spacial score (nSPS) is 17.2. The minimum Gasteiger partial charge on any atom is -0.338 e.